The summed E-state index contributed by atoms with van der Waals surface area (Å²) >= 11 is 0. The van der Waals surface area contributed by atoms with Gasteiger partial charge in [0.15, 0.2) is 5.75 Å². The zero-order valence-electron chi connectivity index (χ0n) is 10.7. The predicted octanol–water partition coefficient (Wildman–Crippen LogP) is 4.21. The molecule has 0 aliphatic rings. The maximum Gasteiger partial charge on any atom is 0.160 e. The summed E-state index contributed by atoms with van der Waals surface area (Å²) in [5, 5.41) is 0. The smallest absolute Gasteiger partial charge is 0.160 e. The lowest BCUT2D eigenvalue weighted by atomic mass is 10.1. The van der Waals surface area contributed by atoms with Gasteiger partial charge in [-0.2, -0.15) is 0 Å². The molecule has 0 amide bonds. The van der Waals surface area contributed by atoms with Crippen LogP contribution in [0, 0.1) is 5.92 Å². The molecule has 90 valence electrons. The minimum Gasteiger partial charge on any atom is -0.493 e. The average Bonchev–Trinajstić information content (AvgIpc) is 2.64. The monoisotopic (exact) mass is 222 g/mol. The van der Waals surface area contributed by atoms with E-state index in [4.69, 9.17) is 9.15 Å². The normalized spacial score (nSPS) is 12.2. The van der Waals surface area contributed by atoms with Crippen LogP contribution < -0.4 is 4.74 Å². The summed E-state index contributed by atoms with van der Waals surface area (Å²) < 4.78 is 10.6. The Morgan fingerprint density at radius 3 is 2.88 bits per heavy atom. The molecule has 0 atom stereocenters. The molecule has 0 fully saturated rings. The van der Waals surface area contributed by atoms with Crippen LogP contribution in [0.2, 0.25) is 0 Å². The van der Waals surface area contributed by atoms with Crippen LogP contribution in [-0.2, 0) is 6.42 Å². The molecule has 1 heterocycles. The highest BCUT2D eigenvalue weighted by Gasteiger charge is 2.06. The SMILES string of the molecule is COc1ccoc1C/C(C)=C/CCC(C)C. The molecule has 2 heteroatoms. The first-order valence-corrected chi connectivity index (χ1v) is 5.89. The number of hydrogen-bond acceptors (Lipinski definition) is 2. The fourth-order valence-corrected chi connectivity index (χ4v) is 1.63. The minimum atomic E-state index is 0.766. The molecular weight excluding hydrogens is 200 g/mol. The average molecular weight is 222 g/mol. The van der Waals surface area contributed by atoms with Crippen molar-refractivity contribution in [3.63, 3.8) is 0 Å². The van der Waals surface area contributed by atoms with E-state index in [1.807, 2.05) is 6.07 Å². The van der Waals surface area contributed by atoms with Crippen molar-refractivity contribution < 1.29 is 9.15 Å². The number of methoxy groups -OCH3 is 1. The van der Waals surface area contributed by atoms with Crippen LogP contribution in [-0.4, -0.2) is 7.11 Å². The second-order valence-corrected chi connectivity index (χ2v) is 4.61. The molecule has 0 aliphatic heterocycles. The van der Waals surface area contributed by atoms with Gasteiger partial charge in [-0.3, -0.25) is 0 Å². The molecule has 0 saturated heterocycles. The summed E-state index contributed by atoms with van der Waals surface area (Å²) in [6, 6.07) is 1.86. The van der Waals surface area contributed by atoms with Crippen LogP contribution in [0.5, 0.6) is 5.75 Å². The molecule has 1 rings (SSSR count). The van der Waals surface area contributed by atoms with Crippen molar-refractivity contribution in [2.45, 2.75) is 40.0 Å². The Morgan fingerprint density at radius 1 is 1.50 bits per heavy atom. The van der Waals surface area contributed by atoms with E-state index in [-0.39, 0.29) is 0 Å². The van der Waals surface area contributed by atoms with Crippen molar-refractivity contribution in [2.75, 3.05) is 7.11 Å². The molecule has 1 aromatic rings. The largest absolute Gasteiger partial charge is 0.493 e. The second kappa shape index (κ2) is 6.41. The van der Waals surface area contributed by atoms with E-state index in [1.165, 1.54) is 12.0 Å². The Kier molecular flexibility index (Phi) is 5.17. The Morgan fingerprint density at radius 2 is 2.25 bits per heavy atom. The number of allylic oxidation sites excluding steroid dienone is 2. The van der Waals surface area contributed by atoms with Gasteiger partial charge in [0.25, 0.3) is 0 Å². The molecule has 0 spiro atoms. The summed E-state index contributed by atoms with van der Waals surface area (Å²) in [7, 11) is 1.67. The van der Waals surface area contributed by atoms with Crippen LogP contribution >= 0.6 is 0 Å². The molecular formula is C14H22O2. The maximum absolute atomic E-state index is 5.39. The van der Waals surface area contributed by atoms with Crippen molar-refractivity contribution in [2.24, 2.45) is 5.92 Å². The lowest BCUT2D eigenvalue weighted by Gasteiger charge is -2.03. The highest BCUT2D eigenvalue weighted by molar-refractivity contribution is 5.27. The Labute approximate surface area is 98.3 Å². The molecule has 0 saturated carbocycles. The van der Waals surface area contributed by atoms with E-state index in [1.54, 1.807) is 13.4 Å². The number of hydrogen-bond donors (Lipinski definition) is 0. The molecule has 0 unspecified atom stereocenters. The van der Waals surface area contributed by atoms with Gasteiger partial charge in [-0.1, -0.05) is 25.5 Å². The van der Waals surface area contributed by atoms with Gasteiger partial charge >= 0.3 is 0 Å². The van der Waals surface area contributed by atoms with E-state index >= 15 is 0 Å². The third-order valence-electron chi connectivity index (χ3n) is 2.60. The lowest BCUT2D eigenvalue weighted by molar-refractivity contribution is 0.393. The van der Waals surface area contributed by atoms with Gasteiger partial charge < -0.3 is 9.15 Å². The third kappa shape index (κ3) is 4.13. The van der Waals surface area contributed by atoms with Crippen LogP contribution in [0.3, 0.4) is 0 Å². The lowest BCUT2D eigenvalue weighted by Crippen LogP contribution is -1.90. The fourth-order valence-electron chi connectivity index (χ4n) is 1.63. The van der Waals surface area contributed by atoms with E-state index in [9.17, 15) is 0 Å². The molecule has 0 aromatic carbocycles. The molecule has 0 radical (unpaired) electrons. The predicted molar refractivity (Wildman–Crippen MR) is 66.8 cm³/mol. The fraction of sp³-hybridized carbons (Fsp3) is 0.571. The van der Waals surface area contributed by atoms with Crippen molar-refractivity contribution in [1.82, 2.24) is 0 Å². The molecule has 0 N–H and O–H groups in total. The van der Waals surface area contributed by atoms with Crippen molar-refractivity contribution in [3.8, 4) is 5.75 Å². The van der Waals surface area contributed by atoms with Gasteiger partial charge in [0.2, 0.25) is 0 Å². The summed E-state index contributed by atoms with van der Waals surface area (Å²) in [4.78, 5) is 0. The second-order valence-electron chi connectivity index (χ2n) is 4.61. The van der Waals surface area contributed by atoms with Gasteiger partial charge in [-0.05, 0) is 25.7 Å². The third-order valence-corrected chi connectivity index (χ3v) is 2.60. The summed E-state index contributed by atoms with van der Waals surface area (Å²) in [6.07, 6.45) is 7.20. The topological polar surface area (TPSA) is 22.4 Å². The number of ether oxygens (including phenoxy) is 1. The number of furan rings is 1. The molecule has 0 aliphatic carbocycles. The zero-order chi connectivity index (χ0) is 12.0. The van der Waals surface area contributed by atoms with E-state index in [0.29, 0.717) is 0 Å². The Bertz CT molecular complexity index is 334. The first-order chi connectivity index (χ1) is 7.63. The van der Waals surface area contributed by atoms with E-state index in [2.05, 4.69) is 26.8 Å². The highest BCUT2D eigenvalue weighted by atomic mass is 16.5. The zero-order valence-corrected chi connectivity index (χ0v) is 10.7. The van der Waals surface area contributed by atoms with Gasteiger partial charge in [-0.25, -0.2) is 0 Å². The van der Waals surface area contributed by atoms with Crippen molar-refractivity contribution >= 4 is 0 Å². The molecule has 16 heavy (non-hydrogen) atoms. The first kappa shape index (κ1) is 12.9. The van der Waals surface area contributed by atoms with Crippen molar-refractivity contribution in [1.29, 1.82) is 0 Å². The quantitative estimate of drug-likeness (QED) is 0.673. The standard InChI is InChI=1S/C14H22O2/c1-11(2)6-5-7-12(3)10-14-13(15-4)8-9-16-14/h7-9,11H,5-6,10H2,1-4H3/b12-7+. The van der Waals surface area contributed by atoms with Crippen LogP contribution in [0.1, 0.15) is 39.4 Å². The molecule has 2 nitrogen and oxygen atoms in total. The van der Waals surface area contributed by atoms with E-state index < -0.39 is 0 Å². The molecule has 1 aromatic heterocycles. The van der Waals surface area contributed by atoms with Gasteiger partial charge in [0, 0.05) is 12.5 Å². The summed E-state index contributed by atoms with van der Waals surface area (Å²) in [6.45, 7) is 6.64. The van der Waals surface area contributed by atoms with Crippen LogP contribution in [0.25, 0.3) is 0 Å². The molecule has 0 bridgehead atoms. The number of rotatable bonds is 6. The summed E-state index contributed by atoms with van der Waals surface area (Å²) in [5.74, 6) is 2.53. The van der Waals surface area contributed by atoms with Crippen LogP contribution in [0.15, 0.2) is 28.4 Å². The van der Waals surface area contributed by atoms with Crippen LogP contribution in [0.4, 0.5) is 0 Å². The van der Waals surface area contributed by atoms with Crippen molar-refractivity contribution in [3.05, 3.63) is 29.7 Å². The minimum absolute atomic E-state index is 0.766. The summed E-state index contributed by atoms with van der Waals surface area (Å²) in [5.41, 5.74) is 1.34. The first-order valence-electron chi connectivity index (χ1n) is 5.89. The Balaban J connectivity index is 2.47. The maximum atomic E-state index is 5.39. The Hall–Kier alpha value is -1.18. The van der Waals surface area contributed by atoms with Gasteiger partial charge in [-0.15, -0.1) is 0 Å². The van der Waals surface area contributed by atoms with E-state index in [0.717, 1.165) is 30.3 Å². The van der Waals surface area contributed by atoms with Gasteiger partial charge in [0.1, 0.15) is 5.76 Å². The highest BCUT2D eigenvalue weighted by Crippen LogP contribution is 2.22. The van der Waals surface area contributed by atoms with Gasteiger partial charge in [0.05, 0.1) is 13.4 Å².